The SMILES string of the molecule is O=S1N=C(CC2CCc3ccccc32)NO1. The molecule has 1 aliphatic carbocycles. The summed E-state index contributed by atoms with van der Waals surface area (Å²) in [5, 5.41) is 0. The molecule has 84 valence electrons. The van der Waals surface area contributed by atoms with Crippen LogP contribution in [-0.2, 0) is 22.0 Å². The van der Waals surface area contributed by atoms with Crippen molar-refractivity contribution in [3.05, 3.63) is 35.4 Å². The van der Waals surface area contributed by atoms with Crippen LogP contribution in [0.25, 0.3) is 0 Å². The fourth-order valence-electron chi connectivity index (χ4n) is 2.38. The summed E-state index contributed by atoms with van der Waals surface area (Å²) < 4.78 is 19.5. The van der Waals surface area contributed by atoms with Gasteiger partial charge in [0.15, 0.2) is 0 Å². The molecule has 0 saturated heterocycles. The highest BCUT2D eigenvalue weighted by atomic mass is 32.2. The third kappa shape index (κ3) is 1.76. The van der Waals surface area contributed by atoms with E-state index in [0.29, 0.717) is 11.8 Å². The van der Waals surface area contributed by atoms with Crippen molar-refractivity contribution >= 4 is 17.1 Å². The molecule has 3 rings (SSSR count). The lowest BCUT2D eigenvalue weighted by Crippen LogP contribution is -2.18. The summed E-state index contributed by atoms with van der Waals surface area (Å²) in [6.45, 7) is 0. The van der Waals surface area contributed by atoms with E-state index >= 15 is 0 Å². The average molecular weight is 236 g/mol. The van der Waals surface area contributed by atoms with Crippen LogP contribution in [-0.4, -0.2) is 10.0 Å². The Labute approximate surface area is 96.5 Å². The van der Waals surface area contributed by atoms with E-state index in [1.807, 2.05) is 0 Å². The van der Waals surface area contributed by atoms with E-state index < -0.39 is 11.3 Å². The minimum Gasteiger partial charge on any atom is -0.235 e. The number of fused-ring (bicyclic) bond motifs is 1. The third-order valence-electron chi connectivity index (χ3n) is 3.11. The highest BCUT2D eigenvalue weighted by molar-refractivity contribution is 7.79. The zero-order valence-corrected chi connectivity index (χ0v) is 9.50. The van der Waals surface area contributed by atoms with Gasteiger partial charge in [0.05, 0.1) is 0 Å². The van der Waals surface area contributed by atoms with Crippen LogP contribution in [0.4, 0.5) is 0 Å². The number of amidine groups is 1. The Morgan fingerprint density at radius 1 is 1.50 bits per heavy atom. The van der Waals surface area contributed by atoms with Crippen molar-refractivity contribution in [3.8, 4) is 0 Å². The van der Waals surface area contributed by atoms with Gasteiger partial charge in [0.2, 0.25) is 0 Å². The smallest absolute Gasteiger partial charge is 0.235 e. The molecule has 1 N–H and O–H groups in total. The van der Waals surface area contributed by atoms with Crippen LogP contribution in [0.1, 0.15) is 29.9 Å². The van der Waals surface area contributed by atoms with Gasteiger partial charge in [0.1, 0.15) is 5.84 Å². The number of nitrogens with zero attached hydrogens (tertiary/aromatic N) is 1. The summed E-state index contributed by atoms with van der Waals surface area (Å²) >= 11 is -1.53. The van der Waals surface area contributed by atoms with E-state index in [9.17, 15) is 4.21 Å². The second-order valence-electron chi connectivity index (χ2n) is 4.08. The molecule has 2 aliphatic rings. The highest BCUT2D eigenvalue weighted by Gasteiger charge is 2.25. The maximum atomic E-state index is 10.9. The van der Waals surface area contributed by atoms with Gasteiger partial charge in [-0.2, -0.15) is 4.28 Å². The van der Waals surface area contributed by atoms with E-state index in [-0.39, 0.29) is 0 Å². The van der Waals surface area contributed by atoms with Gasteiger partial charge in [-0.1, -0.05) is 24.3 Å². The maximum absolute atomic E-state index is 10.9. The van der Waals surface area contributed by atoms with Crippen molar-refractivity contribution in [2.45, 2.75) is 25.2 Å². The van der Waals surface area contributed by atoms with Crippen LogP contribution in [0.15, 0.2) is 28.7 Å². The third-order valence-corrected chi connectivity index (χ3v) is 3.71. The minimum atomic E-state index is -1.53. The van der Waals surface area contributed by atoms with Gasteiger partial charge in [-0.05, 0) is 29.9 Å². The molecule has 16 heavy (non-hydrogen) atoms. The first kappa shape index (κ1) is 9.99. The molecule has 0 fully saturated rings. The normalized spacial score (nSPS) is 27.4. The molecule has 0 amide bonds. The maximum Gasteiger partial charge on any atom is 0.309 e. The Kier molecular flexibility index (Phi) is 2.49. The molecular formula is C11H12N2O2S. The van der Waals surface area contributed by atoms with Crippen molar-refractivity contribution < 1.29 is 8.49 Å². The monoisotopic (exact) mass is 236 g/mol. The van der Waals surface area contributed by atoms with Crippen LogP contribution >= 0.6 is 0 Å². The van der Waals surface area contributed by atoms with Gasteiger partial charge in [0, 0.05) is 6.42 Å². The summed E-state index contributed by atoms with van der Waals surface area (Å²) in [6.07, 6.45) is 3.04. The predicted molar refractivity (Wildman–Crippen MR) is 61.9 cm³/mol. The number of rotatable bonds is 2. The lowest BCUT2D eigenvalue weighted by Gasteiger charge is -2.10. The van der Waals surface area contributed by atoms with Gasteiger partial charge < -0.3 is 0 Å². The van der Waals surface area contributed by atoms with Crippen LogP contribution in [0.5, 0.6) is 0 Å². The largest absolute Gasteiger partial charge is 0.309 e. The molecule has 0 bridgehead atoms. The van der Waals surface area contributed by atoms with Crippen molar-refractivity contribution in [1.82, 2.24) is 5.48 Å². The Balaban J connectivity index is 1.79. The average Bonchev–Trinajstić information content (AvgIpc) is 2.87. The summed E-state index contributed by atoms with van der Waals surface area (Å²) in [7, 11) is 0. The summed E-state index contributed by atoms with van der Waals surface area (Å²) in [4.78, 5) is 0. The van der Waals surface area contributed by atoms with Crippen molar-refractivity contribution in [2.24, 2.45) is 4.40 Å². The number of hydrogen-bond donors (Lipinski definition) is 1. The standard InChI is InChI=1S/C11H12N2O2S/c14-16-13-11(12-15-16)7-9-6-5-8-3-1-2-4-10(8)9/h1-4,9H,5-7H2,(H,12,13). The molecule has 1 aromatic rings. The van der Waals surface area contributed by atoms with E-state index in [4.69, 9.17) is 0 Å². The zero-order chi connectivity index (χ0) is 11.0. The number of hydrogen-bond acceptors (Lipinski definition) is 3. The first-order valence-electron chi connectivity index (χ1n) is 5.33. The van der Waals surface area contributed by atoms with E-state index in [1.165, 1.54) is 11.1 Å². The lowest BCUT2D eigenvalue weighted by atomic mass is 9.97. The molecule has 0 spiro atoms. The molecule has 1 heterocycles. The van der Waals surface area contributed by atoms with Gasteiger partial charge in [-0.25, -0.2) is 9.69 Å². The number of aryl methyl sites for hydroxylation is 1. The molecular weight excluding hydrogens is 224 g/mol. The Morgan fingerprint density at radius 2 is 2.38 bits per heavy atom. The summed E-state index contributed by atoms with van der Waals surface area (Å²) in [5.74, 6) is 1.17. The second-order valence-corrected chi connectivity index (χ2v) is 4.86. The van der Waals surface area contributed by atoms with Gasteiger partial charge in [-0.3, -0.25) is 0 Å². The van der Waals surface area contributed by atoms with Gasteiger partial charge in [-0.15, -0.1) is 4.40 Å². The molecule has 1 aromatic carbocycles. The quantitative estimate of drug-likeness (QED) is 0.849. The topological polar surface area (TPSA) is 50.7 Å². The first-order valence-corrected chi connectivity index (χ1v) is 6.37. The molecule has 4 nitrogen and oxygen atoms in total. The van der Waals surface area contributed by atoms with Gasteiger partial charge >= 0.3 is 11.3 Å². The van der Waals surface area contributed by atoms with Crippen LogP contribution in [0, 0.1) is 0 Å². The first-order chi connectivity index (χ1) is 7.83. The van der Waals surface area contributed by atoms with Crippen molar-refractivity contribution in [3.63, 3.8) is 0 Å². The Bertz CT molecular complexity index is 473. The van der Waals surface area contributed by atoms with Crippen molar-refractivity contribution in [1.29, 1.82) is 0 Å². The number of hydroxylamine groups is 1. The molecule has 2 atom stereocenters. The Hall–Kier alpha value is -1.20. The molecule has 2 unspecified atom stereocenters. The predicted octanol–water partition coefficient (Wildman–Crippen LogP) is 1.62. The summed E-state index contributed by atoms with van der Waals surface area (Å²) in [5.41, 5.74) is 5.43. The molecule has 0 radical (unpaired) electrons. The number of nitrogens with one attached hydrogen (secondary N) is 1. The molecule has 0 saturated carbocycles. The van der Waals surface area contributed by atoms with Crippen molar-refractivity contribution in [2.75, 3.05) is 0 Å². The Morgan fingerprint density at radius 3 is 3.19 bits per heavy atom. The van der Waals surface area contributed by atoms with Crippen LogP contribution in [0.3, 0.4) is 0 Å². The van der Waals surface area contributed by atoms with Crippen LogP contribution < -0.4 is 5.48 Å². The van der Waals surface area contributed by atoms with Crippen LogP contribution in [0.2, 0.25) is 0 Å². The zero-order valence-electron chi connectivity index (χ0n) is 8.68. The van der Waals surface area contributed by atoms with E-state index in [2.05, 4.69) is 38.4 Å². The fraction of sp³-hybridized carbons (Fsp3) is 0.364. The second kappa shape index (κ2) is 3.99. The molecule has 5 heteroatoms. The minimum absolute atomic E-state index is 0.473. The molecule has 0 aromatic heterocycles. The highest BCUT2D eigenvalue weighted by Crippen LogP contribution is 2.35. The lowest BCUT2D eigenvalue weighted by molar-refractivity contribution is 0.301. The summed E-state index contributed by atoms with van der Waals surface area (Å²) in [6, 6.07) is 8.48. The van der Waals surface area contributed by atoms with E-state index in [1.54, 1.807) is 0 Å². The fourth-order valence-corrected chi connectivity index (χ4v) is 2.88. The number of benzene rings is 1. The van der Waals surface area contributed by atoms with Gasteiger partial charge in [0.25, 0.3) is 0 Å². The van der Waals surface area contributed by atoms with E-state index in [0.717, 1.165) is 19.3 Å². The molecule has 1 aliphatic heterocycles.